The standard InChI is InChI=1S/C18H12ClN5/c1-11-16-6-15(7-20)21-9-18(16)24(23-11)10-12-2-3-17-13(4-12)5-14(19)8-22-17/h2-6,8-9H,10H2,1H3. The molecule has 24 heavy (non-hydrogen) atoms. The van der Waals surface area contributed by atoms with Gasteiger partial charge in [-0.2, -0.15) is 10.4 Å². The van der Waals surface area contributed by atoms with Crippen LogP contribution < -0.4 is 0 Å². The van der Waals surface area contributed by atoms with E-state index in [1.807, 2.05) is 29.8 Å². The van der Waals surface area contributed by atoms with Crippen LogP contribution in [0.1, 0.15) is 17.0 Å². The number of halogens is 1. The van der Waals surface area contributed by atoms with Gasteiger partial charge in [0.2, 0.25) is 0 Å². The molecule has 0 aliphatic carbocycles. The van der Waals surface area contributed by atoms with Gasteiger partial charge in [-0.05, 0) is 36.8 Å². The molecule has 5 nitrogen and oxygen atoms in total. The molecule has 0 radical (unpaired) electrons. The number of rotatable bonds is 2. The highest BCUT2D eigenvalue weighted by atomic mass is 35.5. The molecule has 0 aliphatic rings. The quantitative estimate of drug-likeness (QED) is 0.558. The van der Waals surface area contributed by atoms with Crippen LogP contribution in [0.3, 0.4) is 0 Å². The third-order valence-corrected chi connectivity index (χ3v) is 4.19. The summed E-state index contributed by atoms with van der Waals surface area (Å²) in [6.45, 7) is 2.55. The number of aryl methyl sites for hydroxylation is 1. The van der Waals surface area contributed by atoms with Crippen molar-refractivity contribution in [3.63, 3.8) is 0 Å². The number of fused-ring (bicyclic) bond motifs is 2. The molecule has 0 saturated heterocycles. The molecule has 116 valence electrons. The van der Waals surface area contributed by atoms with E-state index >= 15 is 0 Å². The van der Waals surface area contributed by atoms with Gasteiger partial charge in [0.05, 0.1) is 34.5 Å². The average Bonchev–Trinajstić information content (AvgIpc) is 2.90. The van der Waals surface area contributed by atoms with Crippen molar-refractivity contribution in [1.29, 1.82) is 5.26 Å². The van der Waals surface area contributed by atoms with E-state index in [-0.39, 0.29) is 0 Å². The van der Waals surface area contributed by atoms with Gasteiger partial charge in [0.15, 0.2) is 0 Å². The molecule has 0 atom stereocenters. The fourth-order valence-corrected chi connectivity index (χ4v) is 3.01. The second-order valence-corrected chi connectivity index (χ2v) is 6.06. The van der Waals surface area contributed by atoms with Crippen molar-refractivity contribution in [2.75, 3.05) is 0 Å². The van der Waals surface area contributed by atoms with Crippen molar-refractivity contribution in [3.05, 3.63) is 64.7 Å². The topological polar surface area (TPSA) is 67.4 Å². The fourth-order valence-electron chi connectivity index (χ4n) is 2.84. The highest BCUT2D eigenvalue weighted by Crippen LogP contribution is 2.22. The first-order chi connectivity index (χ1) is 11.6. The van der Waals surface area contributed by atoms with Crippen LogP contribution in [0.2, 0.25) is 5.02 Å². The van der Waals surface area contributed by atoms with Crippen molar-refractivity contribution in [2.24, 2.45) is 0 Å². The van der Waals surface area contributed by atoms with E-state index in [9.17, 15) is 0 Å². The largest absolute Gasteiger partial charge is 0.259 e. The second kappa shape index (κ2) is 5.59. The number of aromatic nitrogens is 4. The molecule has 0 fully saturated rings. The zero-order chi connectivity index (χ0) is 16.7. The van der Waals surface area contributed by atoms with Crippen LogP contribution in [0.4, 0.5) is 0 Å². The van der Waals surface area contributed by atoms with Crippen molar-refractivity contribution < 1.29 is 0 Å². The SMILES string of the molecule is Cc1nn(Cc2ccc3ncc(Cl)cc3c2)c2cnc(C#N)cc12. The summed E-state index contributed by atoms with van der Waals surface area (Å²) in [6, 6.07) is 11.8. The first-order valence-electron chi connectivity index (χ1n) is 7.41. The van der Waals surface area contributed by atoms with E-state index in [0.717, 1.165) is 33.1 Å². The summed E-state index contributed by atoms with van der Waals surface area (Å²) < 4.78 is 1.90. The second-order valence-electron chi connectivity index (χ2n) is 5.62. The lowest BCUT2D eigenvalue weighted by molar-refractivity contribution is 0.703. The number of pyridine rings is 2. The Bertz CT molecular complexity index is 1120. The lowest BCUT2D eigenvalue weighted by atomic mass is 10.1. The average molecular weight is 334 g/mol. The molecule has 0 spiro atoms. The van der Waals surface area contributed by atoms with E-state index in [2.05, 4.69) is 27.2 Å². The summed E-state index contributed by atoms with van der Waals surface area (Å²) >= 11 is 6.03. The van der Waals surface area contributed by atoms with Crippen LogP contribution in [0.15, 0.2) is 42.7 Å². The number of nitriles is 1. The molecular weight excluding hydrogens is 322 g/mol. The predicted octanol–water partition coefficient (Wildman–Crippen LogP) is 3.86. The van der Waals surface area contributed by atoms with E-state index in [1.165, 1.54) is 0 Å². The minimum Gasteiger partial charge on any atom is -0.259 e. The molecule has 4 rings (SSSR count). The van der Waals surface area contributed by atoms with Crippen LogP contribution in [-0.4, -0.2) is 19.7 Å². The van der Waals surface area contributed by atoms with E-state index < -0.39 is 0 Å². The Labute approximate surface area is 143 Å². The number of benzene rings is 1. The summed E-state index contributed by atoms with van der Waals surface area (Å²) in [7, 11) is 0. The Morgan fingerprint density at radius 3 is 2.88 bits per heavy atom. The van der Waals surface area contributed by atoms with Gasteiger partial charge >= 0.3 is 0 Å². The summed E-state index contributed by atoms with van der Waals surface area (Å²) in [5.41, 5.74) is 4.20. The maximum Gasteiger partial charge on any atom is 0.141 e. The van der Waals surface area contributed by atoms with Gasteiger partial charge < -0.3 is 0 Å². The summed E-state index contributed by atoms with van der Waals surface area (Å²) in [6.07, 6.45) is 3.35. The minimum absolute atomic E-state index is 0.400. The maximum absolute atomic E-state index is 9.00. The van der Waals surface area contributed by atoms with Gasteiger partial charge in [0.1, 0.15) is 11.8 Å². The van der Waals surface area contributed by atoms with Crippen LogP contribution in [0, 0.1) is 18.3 Å². The molecule has 0 amide bonds. The molecule has 0 N–H and O–H groups in total. The van der Waals surface area contributed by atoms with Gasteiger partial charge in [-0.3, -0.25) is 9.67 Å². The zero-order valence-electron chi connectivity index (χ0n) is 12.9. The van der Waals surface area contributed by atoms with E-state index in [1.54, 1.807) is 18.5 Å². The Balaban J connectivity index is 1.78. The van der Waals surface area contributed by atoms with Crippen LogP contribution in [0.25, 0.3) is 21.8 Å². The first kappa shape index (κ1) is 14.6. The van der Waals surface area contributed by atoms with Crippen molar-refractivity contribution in [2.45, 2.75) is 13.5 Å². The smallest absolute Gasteiger partial charge is 0.141 e. The molecule has 0 saturated carbocycles. The number of hydrogen-bond acceptors (Lipinski definition) is 4. The highest BCUT2D eigenvalue weighted by molar-refractivity contribution is 6.31. The lowest BCUT2D eigenvalue weighted by Crippen LogP contribution is -2.02. The predicted molar refractivity (Wildman–Crippen MR) is 92.8 cm³/mol. The van der Waals surface area contributed by atoms with E-state index in [4.69, 9.17) is 16.9 Å². The Morgan fingerprint density at radius 2 is 2.04 bits per heavy atom. The number of nitrogens with zero attached hydrogens (tertiary/aromatic N) is 5. The van der Waals surface area contributed by atoms with Crippen molar-refractivity contribution in [1.82, 2.24) is 19.7 Å². The minimum atomic E-state index is 0.400. The Morgan fingerprint density at radius 1 is 1.17 bits per heavy atom. The number of hydrogen-bond donors (Lipinski definition) is 0. The molecule has 3 aromatic heterocycles. The Hall–Kier alpha value is -2.97. The van der Waals surface area contributed by atoms with Gasteiger partial charge in [-0.15, -0.1) is 0 Å². The molecular formula is C18H12ClN5. The maximum atomic E-state index is 9.00. The molecule has 1 aromatic carbocycles. The third-order valence-electron chi connectivity index (χ3n) is 3.98. The monoisotopic (exact) mass is 333 g/mol. The van der Waals surface area contributed by atoms with Crippen molar-refractivity contribution >= 4 is 33.4 Å². The Kier molecular flexibility index (Phi) is 3.40. The molecule has 6 heteroatoms. The molecule has 0 bridgehead atoms. The van der Waals surface area contributed by atoms with Gasteiger partial charge in [-0.25, -0.2) is 4.98 Å². The van der Waals surface area contributed by atoms with Crippen molar-refractivity contribution in [3.8, 4) is 6.07 Å². The normalized spacial score (nSPS) is 11.0. The third kappa shape index (κ3) is 2.47. The highest BCUT2D eigenvalue weighted by Gasteiger charge is 2.10. The lowest BCUT2D eigenvalue weighted by Gasteiger charge is -2.06. The van der Waals surface area contributed by atoms with E-state index in [0.29, 0.717) is 17.3 Å². The molecule has 0 aliphatic heterocycles. The van der Waals surface area contributed by atoms with Gasteiger partial charge in [-0.1, -0.05) is 17.7 Å². The molecule has 0 unspecified atom stereocenters. The van der Waals surface area contributed by atoms with Gasteiger partial charge in [0, 0.05) is 17.0 Å². The summed E-state index contributed by atoms with van der Waals surface area (Å²) in [5.74, 6) is 0. The zero-order valence-corrected chi connectivity index (χ0v) is 13.6. The first-order valence-corrected chi connectivity index (χ1v) is 7.79. The van der Waals surface area contributed by atoms with Crippen LogP contribution in [-0.2, 0) is 6.54 Å². The summed E-state index contributed by atoms with van der Waals surface area (Å²) in [5, 5.41) is 16.1. The molecule has 4 aromatic rings. The van der Waals surface area contributed by atoms with Crippen LogP contribution in [0.5, 0.6) is 0 Å². The van der Waals surface area contributed by atoms with Gasteiger partial charge in [0.25, 0.3) is 0 Å². The fraction of sp³-hybridized carbons (Fsp3) is 0.111. The molecule has 3 heterocycles. The van der Waals surface area contributed by atoms with Crippen LogP contribution >= 0.6 is 11.6 Å². The summed E-state index contributed by atoms with van der Waals surface area (Å²) in [4.78, 5) is 8.46.